The fraction of sp³-hybridized carbons (Fsp3) is 0.714. The average molecular weight is 271 g/mol. The fourth-order valence-electron chi connectivity index (χ4n) is 1.11. The number of carbonyl (C=O) groups excluding carboxylic acids is 2. The van der Waals surface area contributed by atoms with E-state index < -0.39 is 18.2 Å². The number of esters is 1. The van der Waals surface area contributed by atoms with Crippen LogP contribution in [-0.4, -0.2) is 31.3 Å². The predicted molar refractivity (Wildman–Crippen MR) is 73.7 cm³/mol. The first kappa shape index (κ1) is 17.5. The number of nitrogens with one attached hydrogen (secondary N) is 1. The maximum absolute atomic E-state index is 11.5. The molecule has 1 N–H and O–H groups in total. The summed E-state index contributed by atoms with van der Waals surface area (Å²) in [6.07, 6.45) is -0.950. The van der Waals surface area contributed by atoms with Crippen molar-refractivity contribution in [3.8, 4) is 0 Å². The summed E-state index contributed by atoms with van der Waals surface area (Å²) in [5.74, 6) is -0.0640. The van der Waals surface area contributed by atoms with Crippen LogP contribution in [0, 0.1) is 11.8 Å². The molecule has 0 aromatic rings. The van der Waals surface area contributed by atoms with Crippen LogP contribution in [0.3, 0.4) is 0 Å². The number of hydrogen-bond acceptors (Lipinski definition) is 4. The first-order chi connectivity index (χ1) is 8.73. The van der Waals surface area contributed by atoms with E-state index in [-0.39, 0.29) is 12.5 Å². The first-order valence-electron chi connectivity index (χ1n) is 6.51. The highest BCUT2D eigenvalue weighted by atomic mass is 16.6. The van der Waals surface area contributed by atoms with Gasteiger partial charge in [-0.1, -0.05) is 34.3 Å². The van der Waals surface area contributed by atoms with Crippen LogP contribution in [-0.2, 0) is 14.3 Å². The van der Waals surface area contributed by atoms with Crippen molar-refractivity contribution in [2.75, 3.05) is 13.2 Å². The van der Waals surface area contributed by atoms with Crippen LogP contribution >= 0.6 is 0 Å². The van der Waals surface area contributed by atoms with Gasteiger partial charge in [-0.25, -0.2) is 9.59 Å². The van der Waals surface area contributed by atoms with Crippen molar-refractivity contribution in [2.45, 2.75) is 40.7 Å². The summed E-state index contributed by atoms with van der Waals surface area (Å²) in [5.41, 5.74) is 0.326. The molecule has 0 bridgehead atoms. The van der Waals surface area contributed by atoms with Gasteiger partial charge in [-0.05, 0) is 18.8 Å². The number of ether oxygens (including phenoxy) is 2. The van der Waals surface area contributed by atoms with Gasteiger partial charge in [0.15, 0.2) is 0 Å². The summed E-state index contributed by atoms with van der Waals surface area (Å²) in [6, 6.07) is 0. The lowest BCUT2D eigenvalue weighted by molar-refractivity contribution is -0.142. The summed E-state index contributed by atoms with van der Waals surface area (Å²) in [4.78, 5) is 22.8. The van der Waals surface area contributed by atoms with Crippen molar-refractivity contribution in [2.24, 2.45) is 11.8 Å². The van der Waals surface area contributed by atoms with Crippen LogP contribution in [0.25, 0.3) is 0 Å². The van der Waals surface area contributed by atoms with Crippen molar-refractivity contribution in [1.82, 2.24) is 5.32 Å². The van der Waals surface area contributed by atoms with Gasteiger partial charge in [0.2, 0.25) is 0 Å². The first-order valence-corrected chi connectivity index (χ1v) is 6.51. The van der Waals surface area contributed by atoms with Crippen LogP contribution in [0.15, 0.2) is 12.2 Å². The van der Waals surface area contributed by atoms with Gasteiger partial charge in [0.1, 0.15) is 12.7 Å². The minimum Gasteiger partial charge on any atom is -0.458 e. The normalized spacial score (nSPS) is 12.2. The lowest BCUT2D eigenvalue weighted by Crippen LogP contribution is -2.36. The van der Waals surface area contributed by atoms with Crippen LogP contribution < -0.4 is 5.32 Å². The van der Waals surface area contributed by atoms with E-state index in [9.17, 15) is 9.59 Å². The third kappa shape index (κ3) is 8.24. The molecular weight excluding hydrogens is 246 g/mol. The van der Waals surface area contributed by atoms with E-state index in [1.807, 2.05) is 27.7 Å². The summed E-state index contributed by atoms with van der Waals surface area (Å²) in [7, 11) is 0. The summed E-state index contributed by atoms with van der Waals surface area (Å²) >= 11 is 0. The second-order valence-corrected chi connectivity index (χ2v) is 5.34. The molecule has 0 aromatic heterocycles. The lowest BCUT2D eigenvalue weighted by Gasteiger charge is -2.21. The maximum Gasteiger partial charge on any atom is 0.407 e. The van der Waals surface area contributed by atoms with Gasteiger partial charge in [0.05, 0.1) is 0 Å². The number of hydrogen-bond donors (Lipinski definition) is 1. The van der Waals surface area contributed by atoms with E-state index >= 15 is 0 Å². The monoisotopic (exact) mass is 271 g/mol. The second-order valence-electron chi connectivity index (χ2n) is 5.34. The fourth-order valence-corrected chi connectivity index (χ4v) is 1.11. The number of alkyl carbamates (subject to hydrolysis) is 1. The predicted octanol–water partition coefficient (Wildman–Crippen LogP) is 2.51. The zero-order valence-corrected chi connectivity index (χ0v) is 12.5. The topological polar surface area (TPSA) is 64.6 Å². The van der Waals surface area contributed by atoms with E-state index in [0.717, 1.165) is 0 Å². The molecule has 1 amide bonds. The van der Waals surface area contributed by atoms with Gasteiger partial charge >= 0.3 is 12.1 Å². The van der Waals surface area contributed by atoms with Gasteiger partial charge in [-0.2, -0.15) is 0 Å². The Morgan fingerprint density at radius 3 is 2.21 bits per heavy atom. The summed E-state index contributed by atoms with van der Waals surface area (Å²) < 4.78 is 10.2. The number of carbonyl (C=O) groups is 2. The Morgan fingerprint density at radius 2 is 1.79 bits per heavy atom. The second kappa shape index (κ2) is 8.56. The molecule has 0 rings (SSSR count). The smallest absolute Gasteiger partial charge is 0.407 e. The van der Waals surface area contributed by atoms with Gasteiger partial charge in [0, 0.05) is 12.1 Å². The highest BCUT2D eigenvalue weighted by Crippen LogP contribution is 2.08. The molecule has 0 fully saturated rings. The van der Waals surface area contributed by atoms with Crippen molar-refractivity contribution >= 4 is 12.1 Å². The third-order valence-corrected chi connectivity index (χ3v) is 2.38. The van der Waals surface area contributed by atoms with E-state index in [2.05, 4.69) is 11.9 Å². The molecule has 1 atom stereocenters. The molecule has 0 aliphatic heterocycles. The maximum atomic E-state index is 11.5. The molecule has 1 unspecified atom stereocenters. The highest BCUT2D eigenvalue weighted by molar-refractivity contribution is 5.86. The molecule has 0 aromatic carbocycles. The van der Waals surface area contributed by atoms with Crippen LogP contribution in [0.5, 0.6) is 0 Å². The van der Waals surface area contributed by atoms with Crippen molar-refractivity contribution in [1.29, 1.82) is 0 Å². The summed E-state index contributed by atoms with van der Waals surface area (Å²) in [6.45, 7) is 13.4. The highest BCUT2D eigenvalue weighted by Gasteiger charge is 2.20. The molecule has 0 heterocycles. The quantitative estimate of drug-likeness (QED) is 0.571. The van der Waals surface area contributed by atoms with Gasteiger partial charge in [-0.15, -0.1) is 0 Å². The zero-order valence-electron chi connectivity index (χ0n) is 12.5. The minimum absolute atomic E-state index is 0.0401. The molecule has 0 saturated carbocycles. The Balaban J connectivity index is 4.22. The van der Waals surface area contributed by atoms with E-state index in [1.54, 1.807) is 6.92 Å². The van der Waals surface area contributed by atoms with Crippen LogP contribution in [0.4, 0.5) is 4.79 Å². The lowest BCUT2D eigenvalue weighted by atomic mass is 10.1. The molecular formula is C14H25NO4. The standard InChI is InChI=1S/C14H25NO4/c1-9(2)7-15-14(17)19-12(10(3)4)8-18-13(16)11(5)6/h9-10,12H,5,7-8H2,1-4,6H3,(H,15,17). The Hall–Kier alpha value is -1.52. The molecule has 5 heteroatoms. The molecule has 0 aliphatic rings. The van der Waals surface area contributed by atoms with Crippen molar-refractivity contribution < 1.29 is 19.1 Å². The van der Waals surface area contributed by atoms with Crippen LogP contribution in [0.1, 0.15) is 34.6 Å². The minimum atomic E-state index is -0.487. The molecule has 0 aliphatic carbocycles. The van der Waals surface area contributed by atoms with Gasteiger partial charge in [0.25, 0.3) is 0 Å². The summed E-state index contributed by atoms with van der Waals surface area (Å²) in [5, 5.41) is 2.66. The molecule has 110 valence electrons. The molecule has 0 radical (unpaired) electrons. The van der Waals surface area contributed by atoms with Crippen LogP contribution in [0.2, 0.25) is 0 Å². The van der Waals surface area contributed by atoms with Crippen molar-refractivity contribution in [3.63, 3.8) is 0 Å². The van der Waals surface area contributed by atoms with E-state index in [0.29, 0.717) is 18.0 Å². The Labute approximate surface area is 115 Å². The Morgan fingerprint density at radius 1 is 1.21 bits per heavy atom. The zero-order chi connectivity index (χ0) is 15.0. The molecule has 0 spiro atoms. The van der Waals surface area contributed by atoms with E-state index in [4.69, 9.17) is 9.47 Å². The third-order valence-electron chi connectivity index (χ3n) is 2.38. The van der Waals surface area contributed by atoms with E-state index in [1.165, 1.54) is 0 Å². The van der Waals surface area contributed by atoms with Gasteiger partial charge < -0.3 is 14.8 Å². The molecule has 5 nitrogen and oxygen atoms in total. The Bertz CT molecular complexity index is 323. The number of amides is 1. The molecule has 0 saturated heterocycles. The number of rotatable bonds is 7. The van der Waals surface area contributed by atoms with Crippen molar-refractivity contribution in [3.05, 3.63) is 12.2 Å². The largest absolute Gasteiger partial charge is 0.458 e. The SMILES string of the molecule is C=C(C)C(=O)OCC(OC(=O)NCC(C)C)C(C)C. The molecule has 19 heavy (non-hydrogen) atoms. The Kier molecular flexibility index (Phi) is 7.87. The van der Waals surface area contributed by atoms with Gasteiger partial charge in [-0.3, -0.25) is 0 Å². The average Bonchev–Trinajstić information content (AvgIpc) is 2.30.